The Bertz CT molecular complexity index is 8.75. The molecule has 0 aromatic carbocycles. The molecule has 0 unspecified atom stereocenters. The molecule has 0 saturated heterocycles. The summed E-state index contributed by atoms with van der Waals surface area (Å²) in [5.41, 5.74) is 0. The van der Waals surface area contributed by atoms with E-state index in [0.29, 0.717) is 0 Å². The second-order valence-electron chi connectivity index (χ2n) is 0. The smallest absolute Gasteiger partial charge is 2.00 e. The molecule has 0 fully saturated rings. The molecule has 0 aliphatic heterocycles. The zero-order valence-electron chi connectivity index (χ0n) is 2.64. The van der Waals surface area contributed by atoms with Crippen molar-refractivity contribution in [1.29, 1.82) is 0 Å². The van der Waals surface area contributed by atoms with Gasteiger partial charge in [0, 0.05) is 0 Å². The summed E-state index contributed by atoms with van der Waals surface area (Å²) < 4.78 is 0. The van der Waals surface area contributed by atoms with E-state index in [1.807, 2.05) is 0 Å². The van der Waals surface area contributed by atoms with E-state index in [-0.39, 0.29) is 73.6 Å². The normalized spacial score (nSPS) is 0. The Morgan fingerprint density at radius 2 is 0.500 bits per heavy atom. The minimum absolute atomic E-state index is 0. The summed E-state index contributed by atoms with van der Waals surface area (Å²) in [5, 5.41) is 0. The summed E-state index contributed by atoms with van der Waals surface area (Å²) in [7, 11) is 0. The van der Waals surface area contributed by atoms with Crippen LogP contribution in [0.5, 0.6) is 0 Å². The molecule has 0 aromatic rings. The molecule has 0 heterocycles. The fourth-order valence-corrected chi connectivity index (χ4v) is 0. The molecule has 0 rings (SSSR count). The van der Waals surface area contributed by atoms with Gasteiger partial charge in [0.1, 0.15) is 0 Å². The van der Waals surface area contributed by atoms with Crippen LogP contribution in [0.3, 0.4) is 0 Å². The molecule has 0 amide bonds. The van der Waals surface area contributed by atoms with Gasteiger partial charge in [0.2, 0.25) is 0 Å². The molecule has 0 saturated carbocycles. The van der Waals surface area contributed by atoms with Crippen LogP contribution >= 0.6 is 0 Å². The van der Waals surface area contributed by atoms with Crippen molar-refractivity contribution in [3.8, 4) is 0 Å². The van der Waals surface area contributed by atoms with Crippen LogP contribution in [0.2, 0.25) is 0 Å². The van der Waals surface area contributed by atoms with Crippen molar-refractivity contribution in [2.75, 3.05) is 0 Å². The molecule has 6 heavy (non-hydrogen) atoms. The average Bonchev–Trinajstić information content (AvgIpc) is 0. The second kappa shape index (κ2) is 76.1. The van der Waals surface area contributed by atoms with Gasteiger partial charge in [0.05, 0.1) is 0 Å². The average molecular weight is 184 g/mol. The van der Waals surface area contributed by atoms with Crippen LogP contribution < -0.4 is 0 Å². The quantitative estimate of drug-likeness (QED) is 0.444. The molecule has 0 aromatic heterocycles. The van der Waals surface area contributed by atoms with E-state index in [0.717, 1.165) is 0 Å². The molecule has 0 atom stereocenters. The van der Waals surface area contributed by atoms with Crippen molar-refractivity contribution in [3.05, 3.63) is 0 Å². The van der Waals surface area contributed by atoms with Gasteiger partial charge in [-0.2, -0.15) is 0 Å². The summed E-state index contributed by atoms with van der Waals surface area (Å²) in [6, 6.07) is 0. The van der Waals surface area contributed by atoms with Crippen molar-refractivity contribution in [3.63, 3.8) is 0 Å². The molecular weight excluding hydrogens is 184 g/mol. The monoisotopic (exact) mass is 184 g/mol. The van der Waals surface area contributed by atoms with Gasteiger partial charge in [0.25, 0.3) is 0 Å². The molecule has 0 N–H and O–H groups in total. The van der Waals surface area contributed by atoms with E-state index in [1.165, 1.54) is 0 Å². The van der Waals surface area contributed by atoms with Crippen molar-refractivity contribution in [1.82, 2.24) is 0 Å². The molecule has 3 nitrogen and oxygen atoms in total. The van der Waals surface area contributed by atoms with Gasteiger partial charge >= 0.3 is 57.2 Å². The summed E-state index contributed by atoms with van der Waals surface area (Å²) in [5.74, 6) is 0. The van der Waals surface area contributed by atoms with Crippen LogP contribution in [0.1, 0.15) is 0 Å². The molecular formula is Fe2MgO3. The van der Waals surface area contributed by atoms with Crippen LogP contribution in [0.4, 0.5) is 0 Å². The van der Waals surface area contributed by atoms with E-state index in [9.17, 15) is 0 Å². The Hall–Kier alpha value is 1.69. The topological polar surface area (TPSA) is 85.5 Å². The molecule has 6 heteroatoms. The van der Waals surface area contributed by atoms with Gasteiger partial charge in [0.15, 0.2) is 0 Å². The summed E-state index contributed by atoms with van der Waals surface area (Å²) in [6.45, 7) is 0. The number of hydrogen-bond donors (Lipinski definition) is 0. The zero-order valence-corrected chi connectivity index (χ0v) is 6.26. The maximum atomic E-state index is 0. The first-order valence-corrected chi connectivity index (χ1v) is 0. The third-order valence-electron chi connectivity index (χ3n) is 0. The minimum Gasteiger partial charge on any atom is -2.00 e. The fourth-order valence-electron chi connectivity index (χ4n) is 0. The van der Waals surface area contributed by atoms with Gasteiger partial charge < -0.3 is 16.4 Å². The van der Waals surface area contributed by atoms with Gasteiger partial charge in [-0.25, -0.2) is 0 Å². The molecule has 0 spiro atoms. The van der Waals surface area contributed by atoms with Crippen LogP contribution in [-0.2, 0) is 50.6 Å². The largest absolute Gasteiger partial charge is 2.00 e. The van der Waals surface area contributed by atoms with Crippen LogP contribution in [0, 0.1) is 0 Å². The first kappa shape index (κ1) is 121. The van der Waals surface area contributed by atoms with Crippen molar-refractivity contribution in [2.24, 2.45) is 0 Å². The van der Waals surface area contributed by atoms with E-state index >= 15 is 0 Å². The summed E-state index contributed by atoms with van der Waals surface area (Å²) in [4.78, 5) is 0. The zero-order chi connectivity index (χ0) is 0. The van der Waals surface area contributed by atoms with E-state index in [2.05, 4.69) is 0 Å². The Morgan fingerprint density at radius 1 is 0.500 bits per heavy atom. The molecule has 0 aliphatic carbocycles. The predicted molar refractivity (Wildman–Crippen MR) is 7.81 cm³/mol. The van der Waals surface area contributed by atoms with E-state index in [1.54, 1.807) is 0 Å². The third-order valence-corrected chi connectivity index (χ3v) is 0. The minimum atomic E-state index is 0. The molecule has 0 bridgehead atoms. The number of rotatable bonds is 0. The van der Waals surface area contributed by atoms with E-state index < -0.39 is 0 Å². The van der Waals surface area contributed by atoms with Crippen molar-refractivity contribution >= 4 is 23.1 Å². The maximum absolute atomic E-state index is 0. The van der Waals surface area contributed by atoms with Crippen molar-refractivity contribution in [2.45, 2.75) is 0 Å². The van der Waals surface area contributed by atoms with Gasteiger partial charge in [-0.3, -0.25) is 0 Å². The van der Waals surface area contributed by atoms with E-state index in [4.69, 9.17) is 0 Å². The van der Waals surface area contributed by atoms with Gasteiger partial charge in [-0.05, 0) is 0 Å². The van der Waals surface area contributed by atoms with Crippen LogP contribution in [0.25, 0.3) is 0 Å². The standard InChI is InChI=1S/2Fe.Mg.3O/q3*+2;3*-2. The van der Waals surface area contributed by atoms with Crippen LogP contribution in [-0.4, -0.2) is 23.1 Å². The Balaban J connectivity index is 0. The van der Waals surface area contributed by atoms with Crippen LogP contribution in [0.15, 0.2) is 0 Å². The molecule has 0 aliphatic rings. The van der Waals surface area contributed by atoms with Gasteiger partial charge in [-0.1, -0.05) is 0 Å². The Kier molecular flexibility index (Phi) is 1530. The second-order valence-corrected chi connectivity index (χ2v) is 0. The Labute approximate surface area is 73.3 Å². The summed E-state index contributed by atoms with van der Waals surface area (Å²) in [6.07, 6.45) is 0. The fraction of sp³-hybridized carbons (Fsp3) is 0. The maximum Gasteiger partial charge on any atom is 2.00 e. The predicted octanol–water partition coefficient (Wildman–Crippen LogP) is -0.742. The SMILES string of the molecule is [Fe+2].[Fe+2].[Mg+2].[O-2].[O-2].[O-2]. The molecule has 0 radical (unpaired) electrons. The number of hydrogen-bond acceptors (Lipinski definition) is 0. The first-order valence-electron chi connectivity index (χ1n) is 0. The van der Waals surface area contributed by atoms with Gasteiger partial charge in [-0.15, -0.1) is 0 Å². The van der Waals surface area contributed by atoms with Crippen molar-refractivity contribution < 1.29 is 50.6 Å². The summed E-state index contributed by atoms with van der Waals surface area (Å²) >= 11 is 0. The Morgan fingerprint density at radius 3 is 0.500 bits per heavy atom. The molecule has 36 valence electrons. The first-order chi connectivity index (χ1) is 0. The third kappa shape index (κ3) is 43.9.